The Bertz CT molecular complexity index is 972. The van der Waals surface area contributed by atoms with Crippen molar-refractivity contribution in [2.75, 3.05) is 45.9 Å². The van der Waals surface area contributed by atoms with E-state index in [-0.39, 0.29) is 35.0 Å². The first-order chi connectivity index (χ1) is 14.9. The molecule has 9 nitrogen and oxygen atoms in total. The molecule has 0 bridgehead atoms. The number of aromatic nitrogens is 3. The van der Waals surface area contributed by atoms with Crippen molar-refractivity contribution in [2.24, 2.45) is 0 Å². The molecule has 2 aromatic heterocycles. The lowest BCUT2D eigenvalue weighted by Crippen LogP contribution is -2.43. The molecule has 2 fully saturated rings. The number of halogens is 1. The van der Waals surface area contributed by atoms with Crippen LogP contribution in [-0.2, 0) is 9.53 Å². The maximum Gasteiger partial charge on any atom is 0.271 e. The number of nitrogens with one attached hydrogen (secondary N) is 1. The van der Waals surface area contributed by atoms with Crippen molar-refractivity contribution in [1.29, 1.82) is 0 Å². The van der Waals surface area contributed by atoms with Crippen LogP contribution >= 0.6 is 11.6 Å². The lowest BCUT2D eigenvalue weighted by Gasteiger charge is -2.28. The molecule has 2 aliphatic rings. The van der Waals surface area contributed by atoms with Crippen LogP contribution < -0.4 is 5.32 Å². The van der Waals surface area contributed by atoms with Crippen molar-refractivity contribution in [3.8, 4) is 5.82 Å². The molecule has 1 unspecified atom stereocenters. The molecule has 0 radical (unpaired) electrons. The van der Waals surface area contributed by atoms with E-state index in [1.54, 1.807) is 16.8 Å². The highest BCUT2D eigenvalue weighted by Crippen LogP contribution is 2.19. The van der Waals surface area contributed by atoms with Gasteiger partial charge >= 0.3 is 0 Å². The molecule has 0 aromatic carbocycles. The van der Waals surface area contributed by atoms with Gasteiger partial charge in [0.25, 0.3) is 5.91 Å². The zero-order chi connectivity index (χ0) is 22.0. The fraction of sp³-hybridized carbons (Fsp3) is 0.524. The van der Waals surface area contributed by atoms with E-state index in [0.29, 0.717) is 18.9 Å². The molecule has 0 aliphatic carbocycles. The number of ether oxygens (including phenoxy) is 1. The number of likely N-dealkylation sites (tertiary alicyclic amines) is 1. The highest BCUT2D eigenvalue weighted by Gasteiger charge is 2.31. The molecule has 10 heteroatoms. The monoisotopic (exact) mass is 446 g/mol. The SMILES string of the molecule is Cc1cc(C)n(-c2ccc(Cl)c(C(=O)NC3CC(=O)N(CCN4CCOCC4)C3)n2)n1. The van der Waals surface area contributed by atoms with Crippen LogP contribution in [0.5, 0.6) is 0 Å². The summed E-state index contributed by atoms with van der Waals surface area (Å²) in [7, 11) is 0. The first-order valence-corrected chi connectivity index (χ1v) is 10.9. The van der Waals surface area contributed by atoms with Crippen LogP contribution in [0.3, 0.4) is 0 Å². The van der Waals surface area contributed by atoms with Crippen molar-refractivity contribution in [3.63, 3.8) is 0 Å². The van der Waals surface area contributed by atoms with Gasteiger partial charge in [0.2, 0.25) is 5.91 Å². The second kappa shape index (κ2) is 9.33. The van der Waals surface area contributed by atoms with Crippen molar-refractivity contribution < 1.29 is 14.3 Å². The average molecular weight is 447 g/mol. The fourth-order valence-electron chi connectivity index (χ4n) is 4.00. The summed E-state index contributed by atoms with van der Waals surface area (Å²) in [4.78, 5) is 33.8. The maximum atomic E-state index is 12.9. The predicted molar refractivity (Wildman–Crippen MR) is 116 cm³/mol. The standard InChI is InChI=1S/C21H27ClN6O3/c1-14-11-15(2)28(25-14)18-4-3-17(22)20(24-18)21(30)23-16-12-19(29)27(13-16)6-5-26-7-9-31-10-8-26/h3-4,11,16H,5-10,12-13H2,1-2H3,(H,23,30). The lowest BCUT2D eigenvalue weighted by atomic mass is 10.2. The highest BCUT2D eigenvalue weighted by molar-refractivity contribution is 6.33. The number of hydrogen-bond donors (Lipinski definition) is 1. The summed E-state index contributed by atoms with van der Waals surface area (Å²) in [5.74, 6) is 0.185. The maximum absolute atomic E-state index is 12.9. The Balaban J connectivity index is 1.38. The van der Waals surface area contributed by atoms with Crippen LogP contribution in [-0.4, -0.2) is 88.4 Å². The third kappa shape index (κ3) is 5.06. The fourth-order valence-corrected chi connectivity index (χ4v) is 4.19. The van der Waals surface area contributed by atoms with Crippen molar-refractivity contribution >= 4 is 23.4 Å². The largest absolute Gasteiger partial charge is 0.379 e. The molecule has 166 valence electrons. The summed E-state index contributed by atoms with van der Waals surface area (Å²) in [5, 5.41) is 7.59. The molecule has 4 heterocycles. The van der Waals surface area contributed by atoms with Crippen LogP contribution in [0.1, 0.15) is 28.3 Å². The number of carbonyl (C=O) groups excluding carboxylic acids is 2. The second-order valence-corrected chi connectivity index (χ2v) is 8.41. The molecule has 2 saturated heterocycles. The summed E-state index contributed by atoms with van der Waals surface area (Å²) < 4.78 is 7.03. The minimum Gasteiger partial charge on any atom is -0.379 e. The van der Waals surface area contributed by atoms with Gasteiger partial charge in [0, 0.05) is 44.8 Å². The summed E-state index contributed by atoms with van der Waals surface area (Å²) in [6.45, 7) is 9.01. The van der Waals surface area contributed by atoms with Gasteiger partial charge in [0.05, 0.1) is 30.0 Å². The molecular weight excluding hydrogens is 420 g/mol. The molecule has 4 rings (SSSR count). The summed E-state index contributed by atoms with van der Waals surface area (Å²) in [6.07, 6.45) is 0.281. The van der Waals surface area contributed by atoms with Crippen LogP contribution in [0.15, 0.2) is 18.2 Å². The van der Waals surface area contributed by atoms with Gasteiger partial charge in [0.1, 0.15) is 5.69 Å². The van der Waals surface area contributed by atoms with Gasteiger partial charge in [-0.3, -0.25) is 14.5 Å². The zero-order valence-corrected chi connectivity index (χ0v) is 18.6. The van der Waals surface area contributed by atoms with E-state index in [4.69, 9.17) is 16.3 Å². The summed E-state index contributed by atoms with van der Waals surface area (Å²) in [6, 6.07) is 5.04. The molecular formula is C21H27ClN6O3. The smallest absolute Gasteiger partial charge is 0.271 e. The Morgan fingerprint density at radius 1 is 1.26 bits per heavy atom. The van der Waals surface area contributed by atoms with Gasteiger partial charge in [-0.2, -0.15) is 5.10 Å². The third-order valence-corrected chi connectivity index (χ3v) is 5.92. The first-order valence-electron chi connectivity index (χ1n) is 10.5. The Labute approximate surface area is 186 Å². The average Bonchev–Trinajstić information content (AvgIpc) is 3.27. The molecule has 2 aromatic rings. The van der Waals surface area contributed by atoms with Gasteiger partial charge in [-0.15, -0.1) is 0 Å². The minimum absolute atomic E-state index is 0.0500. The summed E-state index contributed by atoms with van der Waals surface area (Å²) >= 11 is 6.26. The molecule has 1 N–H and O–H groups in total. The normalized spacial score (nSPS) is 19.8. The van der Waals surface area contributed by atoms with E-state index >= 15 is 0 Å². The molecule has 2 amide bonds. The molecule has 2 aliphatic heterocycles. The summed E-state index contributed by atoms with van der Waals surface area (Å²) in [5.41, 5.74) is 1.91. The number of rotatable bonds is 6. The van der Waals surface area contributed by atoms with Gasteiger partial charge in [-0.05, 0) is 32.0 Å². The Morgan fingerprint density at radius 3 is 2.74 bits per heavy atom. The van der Waals surface area contributed by atoms with Gasteiger partial charge in [-0.25, -0.2) is 9.67 Å². The van der Waals surface area contributed by atoms with Crippen LogP contribution in [0.2, 0.25) is 5.02 Å². The van der Waals surface area contributed by atoms with Crippen molar-refractivity contribution in [3.05, 3.63) is 40.3 Å². The highest BCUT2D eigenvalue weighted by atomic mass is 35.5. The molecule has 0 saturated carbocycles. The van der Waals surface area contributed by atoms with E-state index in [0.717, 1.165) is 44.2 Å². The second-order valence-electron chi connectivity index (χ2n) is 8.01. The van der Waals surface area contributed by atoms with Gasteiger partial charge < -0.3 is 15.0 Å². The number of pyridine rings is 1. The quantitative estimate of drug-likeness (QED) is 0.716. The zero-order valence-electron chi connectivity index (χ0n) is 17.8. The number of aryl methyl sites for hydroxylation is 2. The Kier molecular flexibility index (Phi) is 6.54. The Morgan fingerprint density at radius 2 is 2.03 bits per heavy atom. The Hall–Kier alpha value is -2.49. The molecule has 31 heavy (non-hydrogen) atoms. The van der Waals surface area contributed by atoms with Crippen molar-refractivity contribution in [2.45, 2.75) is 26.3 Å². The molecule has 0 spiro atoms. The van der Waals surface area contributed by atoms with E-state index < -0.39 is 0 Å². The number of carbonyl (C=O) groups is 2. The van der Waals surface area contributed by atoms with E-state index in [2.05, 4.69) is 20.3 Å². The lowest BCUT2D eigenvalue weighted by molar-refractivity contribution is -0.128. The number of morpholine rings is 1. The molecule has 1 atom stereocenters. The van der Waals surface area contributed by atoms with E-state index in [1.807, 2.05) is 24.8 Å². The van der Waals surface area contributed by atoms with Crippen LogP contribution in [0, 0.1) is 13.8 Å². The predicted octanol–water partition coefficient (Wildman–Crippen LogP) is 1.20. The first kappa shape index (κ1) is 21.7. The minimum atomic E-state index is -0.388. The van der Waals surface area contributed by atoms with Gasteiger partial charge in [0.15, 0.2) is 5.82 Å². The van der Waals surface area contributed by atoms with Crippen LogP contribution in [0.4, 0.5) is 0 Å². The van der Waals surface area contributed by atoms with Crippen LogP contribution in [0.25, 0.3) is 5.82 Å². The van der Waals surface area contributed by atoms with Crippen molar-refractivity contribution in [1.82, 2.24) is 29.9 Å². The topological polar surface area (TPSA) is 92.6 Å². The third-order valence-electron chi connectivity index (χ3n) is 5.61. The number of hydrogen-bond acceptors (Lipinski definition) is 6. The van der Waals surface area contributed by atoms with E-state index in [1.165, 1.54) is 0 Å². The van der Waals surface area contributed by atoms with E-state index in [9.17, 15) is 9.59 Å². The number of amides is 2. The van der Waals surface area contributed by atoms with Gasteiger partial charge in [-0.1, -0.05) is 11.6 Å². The number of nitrogens with zero attached hydrogens (tertiary/aromatic N) is 5.